The molecule has 0 atom stereocenters. The van der Waals surface area contributed by atoms with Gasteiger partial charge in [-0.25, -0.2) is 4.79 Å². The van der Waals surface area contributed by atoms with Gasteiger partial charge in [0.2, 0.25) is 5.91 Å². The number of piperazine rings is 1. The summed E-state index contributed by atoms with van der Waals surface area (Å²) in [6, 6.07) is 11.4. The molecule has 0 spiro atoms. The van der Waals surface area contributed by atoms with Crippen molar-refractivity contribution in [1.82, 2.24) is 15.1 Å². The van der Waals surface area contributed by atoms with Crippen LogP contribution in [0.4, 0.5) is 10.5 Å². The monoisotopic (exact) mass is 402 g/mol. The van der Waals surface area contributed by atoms with Gasteiger partial charge in [-0.2, -0.15) is 0 Å². The number of anilines is 1. The first-order valence-electron chi connectivity index (χ1n) is 9.38. The second-order valence-corrected chi connectivity index (χ2v) is 7.66. The first-order valence-corrected chi connectivity index (χ1v) is 10.3. The number of thiophene rings is 1. The second kappa shape index (κ2) is 10.1. The zero-order valence-corrected chi connectivity index (χ0v) is 16.8. The highest BCUT2D eigenvalue weighted by Gasteiger charge is 2.20. The number of ether oxygens (including phenoxy) is 1. The average molecular weight is 403 g/mol. The number of nitrogens with zero attached hydrogens (tertiary/aromatic N) is 2. The third-order valence-electron chi connectivity index (χ3n) is 4.42. The number of urea groups is 1. The summed E-state index contributed by atoms with van der Waals surface area (Å²) in [5.41, 5.74) is 0.689. The van der Waals surface area contributed by atoms with Crippen LogP contribution < -0.4 is 15.4 Å². The predicted octanol–water partition coefficient (Wildman–Crippen LogP) is 2.61. The zero-order chi connectivity index (χ0) is 19.8. The molecule has 1 aromatic heterocycles. The lowest BCUT2D eigenvalue weighted by Crippen LogP contribution is -2.51. The van der Waals surface area contributed by atoms with Crippen LogP contribution in [0.3, 0.4) is 0 Å². The minimum Gasteiger partial charge on any atom is -0.492 e. The molecule has 3 amide bonds. The van der Waals surface area contributed by atoms with E-state index in [-0.39, 0.29) is 11.9 Å². The number of hydrogen-bond donors (Lipinski definition) is 2. The maximum atomic E-state index is 12.3. The van der Waals surface area contributed by atoms with Crippen molar-refractivity contribution in [2.24, 2.45) is 0 Å². The molecule has 2 heterocycles. The lowest BCUT2D eigenvalue weighted by atomic mass is 10.3. The molecule has 0 unspecified atom stereocenters. The molecule has 0 radical (unpaired) electrons. The molecular formula is C20H26N4O3S. The predicted molar refractivity (Wildman–Crippen MR) is 111 cm³/mol. The molecule has 2 N–H and O–H groups in total. The number of carbonyl (C=O) groups excluding carboxylic acids is 2. The minimum absolute atomic E-state index is 0.0497. The summed E-state index contributed by atoms with van der Waals surface area (Å²) in [5, 5.41) is 7.72. The van der Waals surface area contributed by atoms with Crippen LogP contribution in [0.2, 0.25) is 0 Å². The van der Waals surface area contributed by atoms with Gasteiger partial charge in [-0.1, -0.05) is 12.1 Å². The van der Waals surface area contributed by atoms with Gasteiger partial charge in [-0.3, -0.25) is 9.69 Å². The first-order chi connectivity index (χ1) is 13.6. The van der Waals surface area contributed by atoms with E-state index in [4.69, 9.17) is 4.74 Å². The molecule has 8 heteroatoms. The van der Waals surface area contributed by atoms with E-state index in [1.807, 2.05) is 17.0 Å². The quantitative estimate of drug-likeness (QED) is 0.699. The Kier molecular flexibility index (Phi) is 7.27. The fourth-order valence-corrected chi connectivity index (χ4v) is 3.78. The molecule has 1 saturated heterocycles. The average Bonchev–Trinajstić information content (AvgIpc) is 3.18. The third-order valence-corrected chi connectivity index (χ3v) is 5.28. The van der Waals surface area contributed by atoms with Gasteiger partial charge in [0.15, 0.2) is 0 Å². The van der Waals surface area contributed by atoms with E-state index in [1.54, 1.807) is 23.5 Å². The molecule has 28 heavy (non-hydrogen) atoms. The van der Waals surface area contributed by atoms with Crippen LogP contribution in [0.1, 0.15) is 11.8 Å². The number of amides is 3. The molecule has 1 aliphatic rings. The zero-order valence-electron chi connectivity index (χ0n) is 16.0. The number of nitrogens with one attached hydrogen (secondary N) is 2. The van der Waals surface area contributed by atoms with E-state index < -0.39 is 0 Å². The van der Waals surface area contributed by atoms with Crippen molar-refractivity contribution in [1.29, 1.82) is 0 Å². The van der Waals surface area contributed by atoms with Gasteiger partial charge >= 0.3 is 6.03 Å². The Morgan fingerprint density at radius 3 is 2.68 bits per heavy atom. The van der Waals surface area contributed by atoms with Crippen molar-refractivity contribution in [2.45, 2.75) is 13.5 Å². The van der Waals surface area contributed by atoms with Gasteiger partial charge in [0.05, 0.1) is 6.54 Å². The Labute approximate surface area is 169 Å². The van der Waals surface area contributed by atoms with Gasteiger partial charge < -0.3 is 20.3 Å². The number of benzene rings is 1. The molecule has 1 aliphatic heterocycles. The fraction of sp³-hybridized carbons (Fsp3) is 0.400. The Morgan fingerprint density at radius 1 is 1.14 bits per heavy atom. The molecule has 3 rings (SSSR count). The normalized spacial score (nSPS) is 14.5. The SMILES string of the molecule is CC(=O)Nc1cccc(OCCNC(=O)N2CCN(Cc3cccs3)CC2)c1. The van der Waals surface area contributed by atoms with Crippen molar-refractivity contribution in [2.75, 3.05) is 44.6 Å². The summed E-state index contributed by atoms with van der Waals surface area (Å²) < 4.78 is 5.65. The van der Waals surface area contributed by atoms with E-state index in [9.17, 15) is 9.59 Å². The lowest BCUT2D eigenvalue weighted by molar-refractivity contribution is -0.114. The molecule has 1 aromatic carbocycles. The van der Waals surface area contributed by atoms with Crippen molar-refractivity contribution >= 4 is 29.0 Å². The highest BCUT2D eigenvalue weighted by Crippen LogP contribution is 2.17. The number of hydrogen-bond acceptors (Lipinski definition) is 5. The van der Waals surface area contributed by atoms with Crippen molar-refractivity contribution in [3.63, 3.8) is 0 Å². The molecular weight excluding hydrogens is 376 g/mol. The molecule has 1 fully saturated rings. The molecule has 7 nitrogen and oxygen atoms in total. The number of rotatable bonds is 7. The summed E-state index contributed by atoms with van der Waals surface area (Å²) in [6.07, 6.45) is 0. The first kappa shape index (κ1) is 20.2. The Balaban J connectivity index is 1.33. The Bertz CT molecular complexity index is 774. The number of carbonyl (C=O) groups is 2. The largest absolute Gasteiger partial charge is 0.492 e. The summed E-state index contributed by atoms with van der Waals surface area (Å²) in [5.74, 6) is 0.530. The fourth-order valence-electron chi connectivity index (χ4n) is 3.04. The van der Waals surface area contributed by atoms with Crippen LogP contribution in [0.5, 0.6) is 5.75 Å². The van der Waals surface area contributed by atoms with Gasteiger partial charge in [0.25, 0.3) is 0 Å². The van der Waals surface area contributed by atoms with Crippen molar-refractivity contribution < 1.29 is 14.3 Å². The minimum atomic E-state index is -0.125. The van der Waals surface area contributed by atoms with Crippen LogP contribution in [0.25, 0.3) is 0 Å². The van der Waals surface area contributed by atoms with Crippen LogP contribution in [0.15, 0.2) is 41.8 Å². The maximum Gasteiger partial charge on any atom is 0.317 e. The van der Waals surface area contributed by atoms with Crippen LogP contribution in [-0.4, -0.2) is 61.1 Å². The summed E-state index contributed by atoms with van der Waals surface area (Å²) in [6.45, 7) is 6.46. The van der Waals surface area contributed by atoms with Crippen LogP contribution in [0, 0.1) is 0 Å². The second-order valence-electron chi connectivity index (χ2n) is 6.63. The lowest BCUT2D eigenvalue weighted by Gasteiger charge is -2.34. The van der Waals surface area contributed by atoms with Gasteiger partial charge in [0, 0.05) is 56.3 Å². The highest BCUT2D eigenvalue weighted by atomic mass is 32.1. The smallest absolute Gasteiger partial charge is 0.317 e. The van der Waals surface area contributed by atoms with Crippen LogP contribution in [-0.2, 0) is 11.3 Å². The van der Waals surface area contributed by atoms with Gasteiger partial charge in [-0.05, 0) is 23.6 Å². The summed E-state index contributed by atoms with van der Waals surface area (Å²) >= 11 is 1.77. The molecule has 2 aromatic rings. The van der Waals surface area contributed by atoms with Crippen molar-refractivity contribution in [3.8, 4) is 5.75 Å². The molecule has 0 bridgehead atoms. The van der Waals surface area contributed by atoms with Crippen molar-refractivity contribution in [3.05, 3.63) is 46.7 Å². The standard InChI is InChI=1S/C20H26N4O3S/c1-16(25)22-17-4-2-5-18(14-17)27-12-7-21-20(26)24-10-8-23(9-11-24)15-19-6-3-13-28-19/h2-6,13-14H,7-12,15H2,1H3,(H,21,26)(H,22,25). The van der Waals surface area contributed by atoms with Gasteiger partial charge in [-0.15, -0.1) is 11.3 Å². The van der Waals surface area contributed by atoms with Crippen LogP contribution >= 0.6 is 11.3 Å². The summed E-state index contributed by atoms with van der Waals surface area (Å²) in [4.78, 5) is 29.0. The third kappa shape index (κ3) is 6.24. The summed E-state index contributed by atoms with van der Waals surface area (Å²) in [7, 11) is 0. The maximum absolute atomic E-state index is 12.3. The Hall–Kier alpha value is -2.58. The molecule has 0 aliphatic carbocycles. The van der Waals surface area contributed by atoms with E-state index in [1.165, 1.54) is 11.8 Å². The van der Waals surface area contributed by atoms with E-state index in [0.717, 1.165) is 32.7 Å². The molecule has 150 valence electrons. The van der Waals surface area contributed by atoms with E-state index in [0.29, 0.717) is 24.6 Å². The van der Waals surface area contributed by atoms with E-state index in [2.05, 4.69) is 33.0 Å². The molecule has 0 saturated carbocycles. The topological polar surface area (TPSA) is 73.9 Å². The van der Waals surface area contributed by atoms with Gasteiger partial charge in [0.1, 0.15) is 12.4 Å². The van der Waals surface area contributed by atoms with E-state index >= 15 is 0 Å². The Morgan fingerprint density at radius 2 is 1.96 bits per heavy atom. The highest BCUT2D eigenvalue weighted by molar-refractivity contribution is 7.09.